The Labute approximate surface area is 187 Å². The number of Topliss-reactive ketones (excluding diaryl/α,β-unsaturated/α-hetero) is 1. The zero-order valence-corrected chi connectivity index (χ0v) is 18.4. The fourth-order valence-corrected chi connectivity index (χ4v) is 4.30. The highest BCUT2D eigenvalue weighted by Gasteiger charge is 2.46. The Kier molecular flexibility index (Phi) is 6.30. The normalized spacial score (nSPS) is 21.3. The van der Waals surface area contributed by atoms with E-state index in [2.05, 4.69) is 4.90 Å². The van der Waals surface area contributed by atoms with Crippen molar-refractivity contribution < 1.29 is 24.5 Å². The lowest BCUT2D eigenvalue weighted by Crippen LogP contribution is -2.42. The number of ketones is 1. The molecule has 2 aromatic carbocycles. The van der Waals surface area contributed by atoms with Crippen LogP contribution >= 0.6 is 0 Å². The average Bonchev–Trinajstić information content (AvgIpc) is 3.05. The predicted octanol–water partition coefficient (Wildman–Crippen LogP) is 2.76. The lowest BCUT2D eigenvalue weighted by molar-refractivity contribution is -0.140. The zero-order chi connectivity index (χ0) is 22.8. The summed E-state index contributed by atoms with van der Waals surface area (Å²) in [5.74, 6) is -1.86. The van der Waals surface area contributed by atoms with Crippen LogP contribution in [0.2, 0.25) is 0 Å². The van der Waals surface area contributed by atoms with Crippen LogP contribution in [0.4, 0.5) is 0 Å². The number of aliphatic hydroxyl groups excluding tert-OH is 1. The average molecular weight is 437 g/mol. The molecule has 2 heterocycles. The molecule has 2 saturated heterocycles. The summed E-state index contributed by atoms with van der Waals surface area (Å²) in [4.78, 5) is 29.9. The van der Waals surface area contributed by atoms with Gasteiger partial charge in [-0.25, -0.2) is 0 Å². The Bertz CT molecular complexity index is 1060. The predicted molar refractivity (Wildman–Crippen MR) is 120 cm³/mol. The number of likely N-dealkylation sites (tertiary alicyclic amines) is 1. The van der Waals surface area contributed by atoms with E-state index >= 15 is 0 Å². The number of hydrogen-bond acceptors (Lipinski definition) is 6. The first-order valence-corrected chi connectivity index (χ1v) is 10.8. The molecule has 1 atom stereocenters. The molecular weight excluding hydrogens is 408 g/mol. The van der Waals surface area contributed by atoms with Crippen molar-refractivity contribution in [3.8, 4) is 5.75 Å². The van der Waals surface area contributed by atoms with Gasteiger partial charge in [-0.05, 0) is 42.7 Å². The lowest BCUT2D eigenvalue weighted by Gasteiger charge is -2.31. The van der Waals surface area contributed by atoms with E-state index in [1.165, 1.54) is 4.90 Å². The van der Waals surface area contributed by atoms with Gasteiger partial charge in [-0.3, -0.25) is 14.5 Å². The summed E-state index contributed by atoms with van der Waals surface area (Å²) in [6, 6.07) is 11.7. The second-order valence-corrected chi connectivity index (χ2v) is 8.31. The van der Waals surface area contributed by atoms with Gasteiger partial charge in [-0.15, -0.1) is 0 Å². The first kappa shape index (κ1) is 22.0. The van der Waals surface area contributed by atoms with E-state index in [0.29, 0.717) is 26.3 Å². The number of carbonyl (C=O) groups excluding carboxylic acids is 2. The number of nitrogens with zero attached hydrogens (tertiary/aromatic N) is 2. The van der Waals surface area contributed by atoms with Crippen molar-refractivity contribution in [3.63, 3.8) is 0 Å². The van der Waals surface area contributed by atoms with Crippen LogP contribution in [0.1, 0.15) is 28.3 Å². The summed E-state index contributed by atoms with van der Waals surface area (Å²) in [5, 5.41) is 21.6. The second-order valence-electron chi connectivity index (χ2n) is 8.31. The van der Waals surface area contributed by atoms with Crippen molar-refractivity contribution in [1.82, 2.24) is 9.80 Å². The third kappa shape index (κ3) is 4.13. The molecule has 2 N–H and O–H groups in total. The van der Waals surface area contributed by atoms with Crippen LogP contribution < -0.4 is 0 Å². The number of ether oxygens (including phenoxy) is 1. The molecule has 0 spiro atoms. The minimum absolute atomic E-state index is 0.00160. The van der Waals surface area contributed by atoms with Crippen LogP contribution in [0.3, 0.4) is 0 Å². The number of amides is 1. The number of benzene rings is 2. The highest BCUT2D eigenvalue weighted by atomic mass is 16.5. The summed E-state index contributed by atoms with van der Waals surface area (Å²) in [6.07, 6.45) is 0. The van der Waals surface area contributed by atoms with Gasteiger partial charge in [0, 0.05) is 26.2 Å². The zero-order valence-electron chi connectivity index (χ0n) is 18.4. The van der Waals surface area contributed by atoms with Gasteiger partial charge in [-0.1, -0.05) is 30.3 Å². The van der Waals surface area contributed by atoms with Gasteiger partial charge >= 0.3 is 0 Å². The highest BCUT2D eigenvalue weighted by Crippen LogP contribution is 2.41. The Morgan fingerprint density at radius 2 is 1.69 bits per heavy atom. The molecule has 7 nitrogen and oxygen atoms in total. The molecule has 2 aromatic rings. The maximum atomic E-state index is 13.1. The van der Waals surface area contributed by atoms with Gasteiger partial charge in [0.05, 0.1) is 30.4 Å². The van der Waals surface area contributed by atoms with Crippen LogP contribution in [0.15, 0.2) is 48.0 Å². The molecule has 1 amide bonds. The number of aryl methyl sites for hydroxylation is 2. The van der Waals surface area contributed by atoms with E-state index in [4.69, 9.17) is 4.74 Å². The van der Waals surface area contributed by atoms with Crippen molar-refractivity contribution in [2.24, 2.45) is 0 Å². The maximum absolute atomic E-state index is 13.1. The van der Waals surface area contributed by atoms with Crippen LogP contribution in [0.5, 0.6) is 5.75 Å². The summed E-state index contributed by atoms with van der Waals surface area (Å²) in [7, 11) is 0. The lowest BCUT2D eigenvalue weighted by atomic mass is 9.94. The van der Waals surface area contributed by atoms with Crippen LogP contribution in [-0.2, 0) is 14.3 Å². The van der Waals surface area contributed by atoms with Crippen LogP contribution in [-0.4, -0.2) is 71.1 Å². The van der Waals surface area contributed by atoms with E-state index in [9.17, 15) is 19.8 Å². The minimum atomic E-state index is -0.740. The standard InChI is InChI=1S/C25H28N2O5/c1-16-14-19(20(28)15-17(16)2)23(29)21-22(18-6-4-3-5-7-18)27(25(31)24(21)30)9-8-26-10-12-32-13-11-26/h3-7,14-15,22,28-29H,8-13H2,1-2H3. The van der Waals surface area contributed by atoms with Crippen molar-refractivity contribution in [2.75, 3.05) is 39.4 Å². The summed E-state index contributed by atoms with van der Waals surface area (Å²) in [6.45, 7) is 7.51. The monoisotopic (exact) mass is 436 g/mol. The van der Waals surface area contributed by atoms with Crippen LogP contribution in [0, 0.1) is 13.8 Å². The van der Waals surface area contributed by atoms with E-state index in [0.717, 1.165) is 29.8 Å². The Morgan fingerprint density at radius 3 is 2.38 bits per heavy atom. The Balaban J connectivity index is 1.76. The second kappa shape index (κ2) is 9.14. The first-order valence-electron chi connectivity index (χ1n) is 10.8. The van der Waals surface area contributed by atoms with E-state index < -0.39 is 17.7 Å². The number of phenolic OH excluding ortho intramolecular Hbond substituents is 1. The van der Waals surface area contributed by atoms with E-state index in [1.54, 1.807) is 12.1 Å². The molecule has 32 heavy (non-hydrogen) atoms. The summed E-state index contributed by atoms with van der Waals surface area (Å²) < 4.78 is 5.39. The number of carbonyl (C=O) groups is 2. The van der Waals surface area contributed by atoms with Crippen molar-refractivity contribution in [3.05, 3.63) is 70.3 Å². The molecule has 168 valence electrons. The Hall–Kier alpha value is -3.16. The first-order chi connectivity index (χ1) is 15.4. The van der Waals surface area contributed by atoms with Crippen LogP contribution in [0.25, 0.3) is 5.76 Å². The molecule has 0 radical (unpaired) electrons. The molecule has 0 saturated carbocycles. The maximum Gasteiger partial charge on any atom is 0.295 e. The Morgan fingerprint density at radius 1 is 1.03 bits per heavy atom. The van der Waals surface area contributed by atoms with Gasteiger partial charge in [-0.2, -0.15) is 0 Å². The van der Waals surface area contributed by atoms with Gasteiger partial charge in [0.15, 0.2) is 0 Å². The van der Waals surface area contributed by atoms with Gasteiger partial charge in [0.1, 0.15) is 11.5 Å². The molecule has 4 rings (SSSR count). The molecule has 2 fully saturated rings. The fraction of sp³-hybridized carbons (Fsp3) is 0.360. The van der Waals surface area contributed by atoms with E-state index in [1.807, 2.05) is 44.2 Å². The highest BCUT2D eigenvalue weighted by molar-refractivity contribution is 6.46. The number of hydrogen-bond donors (Lipinski definition) is 2. The molecule has 7 heteroatoms. The fourth-order valence-electron chi connectivity index (χ4n) is 4.30. The summed E-state index contributed by atoms with van der Waals surface area (Å²) >= 11 is 0. The topological polar surface area (TPSA) is 90.3 Å². The molecule has 1 unspecified atom stereocenters. The smallest absolute Gasteiger partial charge is 0.295 e. The third-order valence-corrected chi connectivity index (χ3v) is 6.28. The molecule has 2 aliphatic rings. The number of aromatic hydroxyl groups is 1. The molecule has 0 bridgehead atoms. The summed E-state index contributed by atoms with van der Waals surface area (Å²) in [5.41, 5.74) is 2.62. The quantitative estimate of drug-likeness (QED) is 0.426. The molecule has 2 aliphatic heterocycles. The number of aliphatic hydroxyl groups is 1. The minimum Gasteiger partial charge on any atom is -0.507 e. The van der Waals surface area contributed by atoms with Gasteiger partial charge in [0.25, 0.3) is 11.7 Å². The van der Waals surface area contributed by atoms with Crippen molar-refractivity contribution in [1.29, 1.82) is 0 Å². The number of phenols is 1. The molecule has 0 aromatic heterocycles. The van der Waals surface area contributed by atoms with E-state index in [-0.39, 0.29) is 22.6 Å². The largest absolute Gasteiger partial charge is 0.507 e. The van der Waals surface area contributed by atoms with Crippen molar-refractivity contribution in [2.45, 2.75) is 19.9 Å². The van der Waals surface area contributed by atoms with Gasteiger partial charge < -0.3 is 19.8 Å². The SMILES string of the molecule is Cc1cc(O)c(C(O)=C2C(=O)C(=O)N(CCN3CCOCC3)C2c2ccccc2)cc1C. The molecule has 0 aliphatic carbocycles. The van der Waals surface area contributed by atoms with Gasteiger partial charge in [0.2, 0.25) is 0 Å². The number of morpholine rings is 1. The third-order valence-electron chi connectivity index (χ3n) is 6.28. The number of rotatable bonds is 5. The molecular formula is C25H28N2O5. The van der Waals surface area contributed by atoms with Crippen molar-refractivity contribution >= 4 is 17.4 Å².